The van der Waals surface area contributed by atoms with E-state index in [9.17, 15) is 4.21 Å². The summed E-state index contributed by atoms with van der Waals surface area (Å²) in [6, 6.07) is 9.92. The van der Waals surface area contributed by atoms with Crippen LogP contribution in [0.3, 0.4) is 0 Å². The van der Waals surface area contributed by atoms with E-state index >= 15 is 0 Å². The van der Waals surface area contributed by atoms with Crippen LogP contribution in [0.25, 0.3) is 0 Å². The van der Waals surface area contributed by atoms with Crippen molar-refractivity contribution < 1.29 is 8.95 Å². The van der Waals surface area contributed by atoms with Crippen LogP contribution in [-0.4, -0.2) is 48.3 Å². The molecule has 0 saturated heterocycles. The van der Waals surface area contributed by atoms with E-state index in [1.165, 1.54) is 0 Å². The van der Waals surface area contributed by atoms with Gasteiger partial charge in [-0.2, -0.15) is 0 Å². The number of rotatable bonds is 9. The molecule has 0 amide bonds. The zero-order chi connectivity index (χ0) is 17.1. The van der Waals surface area contributed by atoms with Crippen LogP contribution in [0.15, 0.2) is 35.3 Å². The lowest BCUT2D eigenvalue weighted by atomic mass is 10.1. The van der Waals surface area contributed by atoms with Gasteiger partial charge in [0.1, 0.15) is 0 Å². The number of benzene rings is 1. The summed E-state index contributed by atoms with van der Waals surface area (Å²) < 4.78 is 17.5. The average Bonchev–Trinajstić information content (AvgIpc) is 2.53. The second kappa shape index (κ2) is 10.4. The molecular weight excluding hydrogens is 310 g/mol. The van der Waals surface area contributed by atoms with Gasteiger partial charge in [0.05, 0.1) is 12.1 Å². The first kappa shape index (κ1) is 19.6. The molecule has 6 heteroatoms. The minimum atomic E-state index is -0.884. The average molecular weight is 340 g/mol. The van der Waals surface area contributed by atoms with E-state index in [0.717, 1.165) is 18.1 Å². The third kappa shape index (κ3) is 8.71. The number of ether oxygens (including phenoxy) is 1. The molecule has 23 heavy (non-hydrogen) atoms. The molecule has 0 spiro atoms. The van der Waals surface area contributed by atoms with Gasteiger partial charge in [-0.15, -0.1) is 0 Å². The minimum Gasteiger partial charge on any atom is -0.377 e. The molecule has 1 aromatic carbocycles. The molecule has 2 N–H and O–H groups in total. The van der Waals surface area contributed by atoms with Gasteiger partial charge in [-0.1, -0.05) is 30.3 Å². The van der Waals surface area contributed by atoms with E-state index in [1.54, 1.807) is 7.11 Å². The van der Waals surface area contributed by atoms with Crippen LogP contribution in [0.1, 0.15) is 26.3 Å². The highest BCUT2D eigenvalue weighted by atomic mass is 32.2. The number of methoxy groups -OCH3 is 1. The molecule has 0 radical (unpaired) electrons. The summed E-state index contributed by atoms with van der Waals surface area (Å²) >= 11 is 0. The Bertz CT molecular complexity index is 504. The molecule has 130 valence electrons. The summed E-state index contributed by atoms with van der Waals surface area (Å²) in [5, 5.41) is 6.41. The fourth-order valence-corrected chi connectivity index (χ4v) is 2.83. The van der Waals surface area contributed by atoms with Gasteiger partial charge >= 0.3 is 0 Å². The highest BCUT2D eigenvalue weighted by Gasteiger charge is 2.15. The molecule has 0 fully saturated rings. The second-order valence-electron chi connectivity index (χ2n) is 5.86. The van der Waals surface area contributed by atoms with Crippen molar-refractivity contribution in [1.82, 2.24) is 10.6 Å². The van der Waals surface area contributed by atoms with Gasteiger partial charge in [0, 0.05) is 42.5 Å². The lowest BCUT2D eigenvalue weighted by Crippen LogP contribution is -2.40. The van der Waals surface area contributed by atoms with Crippen molar-refractivity contribution in [2.75, 3.05) is 32.5 Å². The van der Waals surface area contributed by atoms with Crippen LogP contribution in [0.5, 0.6) is 0 Å². The molecule has 0 bridgehead atoms. The van der Waals surface area contributed by atoms with Crippen LogP contribution in [0.2, 0.25) is 0 Å². The summed E-state index contributed by atoms with van der Waals surface area (Å²) in [7, 11) is 0.799. The standard InChI is InChI=1S/C17H29N3O2S/c1-5-18-16(20-14-17(2,3)22-4)19-11-12-23(21)13-15-9-7-6-8-10-15/h6-10H,5,11-14H2,1-4H3,(H2,18,19,20). The Morgan fingerprint density at radius 2 is 1.96 bits per heavy atom. The third-order valence-corrected chi connectivity index (χ3v) is 4.62. The predicted octanol–water partition coefficient (Wildman–Crippen LogP) is 1.92. The van der Waals surface area contributed by atoms with E-state index in [4.69, 9.17) is 4.74 Å². The summed E-state index contributed by atoms with van der Waals surface area (Å²) in [4.78, 5) is 4.51. The van der Waals surface area contributed by atoms with Crippen molar-refractivity contribution in [2.24, 2.45) is 4.99 Å². The lowest BCUT2D eigenvalue weighted by molar-refractivity contribution is 0.0311. The molecule has 0 aliphatic heterocycles. The summed E-state index contributed by atoms with van der Waals surface area (Å²) in [5.41, 5.74) is 0.812. The molecule has 1 unspecified atom stereocenters. The fourth-order valence-electron chi connectivity index (χ4n) is 1.79. The molecule has 0 aliphatic rings. The number of aliphatic imine (C=N–C) groups is 1. The summed E-state index contributed by atoms with van der Waals surface area (Å²) in [6.07, 6.45) is 0. The molecule has 1 aromatic rings. The van der Waals surface area contributed by atoms with Crippen molar-refractivity contribution in [3.8, 4) is 0 Å². The van der Waals surface area contributed by atoms with Gasteiger partial charge < -0.3 is 15.4 Å². The highest BCUT2D eigenvalue weighted by Crippen LogP contribution is 2.07. The normalized spacial score (nSPS) is 13.7. The van der Waals surface area contributed by atoms with Crippen LogP contribution >= 0.6 is 0 Å². The van der Waals surface area contributed by atoms with Crippen LogP contribution < -0.4 is 10.6 Å². The van der Waals surface area contributed by atoms with Crippen LogP contribution in [0.4, 0.5) is 0 Å². The van der Waals surface area contributed by atoms with E-state index in [-0.39, 0.29) is 5.60 Å². The SMILES string of the molecule is CCNC(=NCC(C)(C)OC)NCCS(=O)Cc1ccccc1. The Labute approximate surface area is 142 Å². The maximum Gasteiger partial charge on any atom is 0.191 e. The number of guanidine groups is 1. The molecule has 0 heterocycles. The van der Waals surface area contributed by atoms with Crippen molar-refractivity contribution >= 4 is 16.8 Å². The Hall–Kier alpha value is -1.40. The minimum absolute atomic E-state index is 0.293. The highest BCUT2D eigenvalue weighted by molar-refractivity contribution is 7.84. The molecule has 1 atom stereocenters. The molecule has 0 aliphatic carbocycles. The zero-order valence-electron chi connectivity index (χ0n) is 14.6. The topological polar surface area (TPSA) is 62.7 Å². The monoisotopic (exact) mass is 339 g/mol. The van der Waals surface area contributed by atoms with Gasteiger partial charge in [-0.05, 0) is 26.3 Å². The Balaban J connectivity index is 2.40. The Morgan fingerprint density at radius 1 is 1.26 bits per heavy atom. The smallest absolute Gasteiger partial charge is 0.191 e. The van der Waals surface area contributed by atoms with Gasteiger partial charge in [0.25, 0.3) is 0 Å². The number of hydrogen-bond acceptors (Lipinski definition) is 3. The summed E-state index contributed by atoms with van der Waals surface area (Å²) in [6.45, 7) is 7.98. The van der Waals surface area contributed by atoms with Crippen molar-refractivity contribution in [1.29, 1.82) is 0 Å². The number of nitrogens with zero attached hydrogens (tertiary/aromatic N) is 1. The van der Waals surface area contributed by atoms with Gasteiger partial charge in [0.2, 0.25) is 0 Å². The van der Waals surface area contributed by atoms with E-state index in [2.05, 4.69) is 15.6 Å². The second-order valence-corrected chi connectivity index (χ2v) is 7.44. The summed E-state index contributed by atoms with van der Waals surface area (Å²) in [5.74, 6) is 1.91. The molecule has 0 saturated carbocycles. The number of nitrogens with one attached hydrogen (secondary N) is 2. The first-order chi connectivity index (χ1) is 11.0. The van der Waals surface area contributed by atoms with Crippen LogP contribution in [-0.2, 0) is 21.3 Å². The van der Waals surface area contributed by atoms with E-state index in [0.29, 0.717) is 24.6 Å². The first-order valence-electron chi connectivity index (χ1n) is 7.93. The zero-order valence-corrected chi connectivity index (χ0v) is 15.4. The Morgan fingerprint density at radius 3 is 2.57 bits per heavy atom. The van der Waals surface area contributed by atoms with Gasteiger partial charge in [-0.3, -0.25) is 9.20 Å². The maximum absolute atomic E-state index is 12.1. The van der Waals surface area contributed by atoms with Crippen molar-refractivity contribution in [3.63, 3.8) is 0 Å². The lowest BCUT2D eigenvalue weighted by Gasteiger charge is -2.21. The maximum atomic E-state index is 12.1. The predicted molar refractivity (Wildman–Crippen MR) is 98.2 cm³/mol. The largest absolute Gasteiger partial charge is 0.377 e. The van der Waals surface area contributed by atoms with Gasteiger partial charge in [0.15, 0.2) is 5.96 Å². The fraction of sp³-hybridized carbons (Fsp3) is 0.588. The Kier molecular flexibility index (Phi) is 8.87. The molecular formula is C17H29N3O2S. The van der Waals surface area contributed by atoms with E-state index in [1.807, 2.05) is 51.1 Å². The molecule has 5 nitrogen and oxygen atoms in total. The van der Waals surface area contributed by atoms with Crippen molar-refractivity contribution in [3.05, 3.63) is 35.9 Å². The van der Waals surface area contributed by atoms with E-state index < -0.39 is 10.8 Å². The van der Waals surface area contributed by atoms with Crippen molar-refractivity contribution in [2.45, 2.75) is 32.1 Å². The molecule has 0 aromatic heterocycles. The first-order valence-corrected chi connectivity index (χ1v) is 9.42. The number of hydrogen-bond donors (Lipinski definition) is 2. The molecule has 1 rings (SSSR count). The van der Waals surface area contributed by atoms with Crippen LogP contribution in [0, 0.1) is 0 Å². The third-order valence-electron chi connectivity index (χ3n) is 3.31. The van der Waals surface area contributed by atoms with Gasteiger partial charge in [-0.25, -0.2) is 0 Å². The quantitative estimate of drug-likeness (QED) is 0.533.